The monoisotopic (exact) mass is 181 g/mol. The SMILES string of the molecule is [Na+].[O-]C(=S)Cc1nccs1. The van der Waals surface area contributed by atoms with Crippen molar-refractivity contribution in [2.45, 2.75) is 6.42 Å². The molecule has 0 N–H and O–H groups in total. The number of nitrogens with zero attached hydrogens (tertiary/aromatic N) is 1. The van der Waals surface area contributed by atoms with Crippen LogP contribution in [-0.4, -0.2) is 10.0 Å². The fraction of sp³-hybridized carbons (Fsp3) is 0.200. The summed E-state index contributed by atoms with van der Waals surface area (Å²) in [4.78, 5) is 3.89. The van der Waals surface area contributed by atoms with Gasteiger partial charge in [-0.25, -0.2) is 4.98 Å². The van der Waals surface area contributed by atoms with E-state index < -0.39 is 0 Å². The third kappa shape index (κ3) is 3.63. The fourth-order valence-corrected chi connectivity index (χ4v) is 1.31. The average Bonchev–Trinajstić information content (AvgIpc) is 2.15. The van der Waals surface area contributed by atoms with Crippen LogP contribution in [0.2, 0.25) is 0 Å². The third-order valence-electron chi connectivity index (χ3n) is 0.779. The van der Waals surface area contributed by atoms with Crippen LogP contribution in [0.5, 0.6) is 0 Å². The Morgan fingerprint density at radius 1 is 1.80 bits per heavy atom. The molecule has 0 fully saturated rings. The van der Waals surface area contributed by atoms with Gasteiger partial charge in [0, 0.05) is 18.0 Å². The molecule has 1 aromatic rings. The van der Waals surface area contributed by atoms with Gasteiger partial charge < -0.3 is 5.11 Å². The second-order valence-electron chi connectivity index (χ2n) is 1.47. The van der Waals surface area contributed by atoms with Gasteiger partial charge in [-0.05, 0) is 0 Å². The quantitative estimate of drug-likeness (QED) is 0.370. The Labute approximate surface area is 90.6 Å². The Morgan fingerprint density at radius 3 is 2.90 bits per heavy atom. The third-order valence-corrected chi connectivity index (χ3v) is 1.70. The summed E-state index contributed by atoms with van der Waals surface area (Å²) in [5.74, 6) is 0. The minimum atomic E-state index is -0.245. The largest absolute Gasteiger partial charge is 1.00 e. The number of aromatic nitrogens is 1. The molecule has 0 bridgehead atoms. The van der Waals surface area contributed by atoms with Gasteiger partial charge in [-0.1, -0.05) is 5.05 Å². The summed E-state index contributed by atoms with van der Waals surface area (Å²) in [5.41, 5.74) is 0. The van der Waals surface area contributed by atoms with Crippen LogP contribution in [-0.2, 0) is 6.42 Å². The number of hydrogen-bond acceptors (Lipinski definition) is 4. The van der Waals surface area contributed by atoms with Crippen LogP contribution in [0.1, 0.15) is 5.01 Å². The van der Waals surface area contributed by atoms with E-state index in [9.17, 15) is 5.11 Å². The number of thiocarbonyl (C=S) groups is 1. The van der Waals surface area contributed by atoms with Gasteiger partial charge in [0.15, 0.2) is 0 Å². The Morgan fingerprint density at radius 2 is 2.50 bits per heavy atom. The molecule has 0 unspecified atom stereocenters. The molecule has 0 saturated heterocycles. The minimum Gasteiger partial charge on any atom is -0.867 e. The van der Waals surface area contributed by atoms with Gasteiger partial charge in [-0.15, -0.1) is 23.6 Å². The van der Waals surface area contributed by atoms with Gasteiger partial charge in [-0.3, -0.25) is 0 Å². The van der Waals surface area contributed by atoms with Crippen molar-refractivity contribution in [1.29, 1.82) is 0 Å². The van der Waals surface area contributed by atoms with Crippen molar-refractivity contribution in [2.24, 2.45) is 0 Å². The molecule has 1 rings (SSSR count). The maximum Gasteiger partial charge on any atom is 1.00 e. The summed E-state index contributed by atoms with van der Waals surface area (Å²) in [6, 6.07) is 0. The Kier molecular flexibility index (Phi) is 5.48. The minimum absolute atomic E-state index is 0. The molecule has 5 heteroatoms. The summed E-state index contributed by atoms with van der Waals surface area (Å²) >= 11 is 5.81. The summed E-state index contributed by atoms with van der Waals surface area (Å²) in [7, 11) is 0. The van der Waals surface area contributed by atoms with E-state index in [-0.39, 0.29) is 34.6 Å². The maximum absolute atomic E-state index is 10.3. The van der Waals surface area contributed by atoms with E-state index in [1.165, 1.54) is 11.3 Å². The summed E-state index contributed by atoms with van der Waals surface area (Å²) < 4.78 is 0. The van der Waals surface area contributed by atoms with Gasteiger partial charge >= 0.3 is 29.6 Å². The second kappa shape index (κ2) is 5.21. The van der Waals surface area contributed by atoms with E-state index in [4.69, 9.17) is 0 Å². The predicted octanol–water partition coefficient (Wildman–Crippen LogP) is -2.62. The van der Waals surface area contributed by atoms with E-state index in [0.717, 1.165) is 5.01 Å². The maximum atomic E-state index is 10.3. The van der Waals surface area contributed by atoms with Crippen molar-refractivity contribution >= 4 is 28.6 Å². The molecular weight excluding hydrogens is 177 g/mol. The zero-order chi connectivity index (χ0) is 6.69. The predicted molar refractivity (Wildman–Crippen MR) is 38.4 cm³/mol. The van der Waals surface area contributed by atoms with E-state index in [1.807, 2.05) is 5.38 Å². The van der Waals surface area contributed by atoms with E-state index in [2.05, 4.69) is 17.2 Å². The molecule has 0 aromatic carbocycles. The molecular formula is C5H4NNaOS2. The van der Waals surface area contributed by atoms with Crippen molar-refractivity contribution in [3.8, 4) is 0 Å². The van der Waals surface area contributed by atoms with Gasteiger partial charge in [0.25, 0.3) is 0 Å². The zero-order valence-electron chi connectivity index (χ0n) is 5.53. The standard InChI is InChI=1S/C5H5NOS2.Na/c7-5(8)3-4-6-1-2-9-4;/h1-2H,3H2,(H,7,8);/q;+1/p-1. The Bertz CT molecular complexity index is 199. The Balaban J connectivity index is 0.000000810. The molecule has 0 saturated carbocycles. The van der Waals surface area contributed by atoms with Crippen LogP contribution in [0.4, 0.5) is 0 Å². The molecule has 1 aromatic heterocycles. The van der Waals surface area contributed by atoms with Gasteiger partial charge in [0.1, 0.15) is 0 Å². The number of rotatable bonds is 2. The summed E-state index contributed by atoms with van der Waals surface area (Å²) in [5, 5.41) is 12.7. The van der Waals surface area contributed by atoms with Crippen LogP contribution < -0.4 is 34.7 Å². The van der Waals surface area contributed by atoms with Crippen molar-refractivity contribution in [3.63, 3.8) is 0 Å². The fourth-order valence-electron chi connectivity index (χ4n) is 0.464. The molecule has 0 radical (unpaired) electrons. The van der Waals surface area contributed by atoms with Crippen LogP contribution in [0.25, 0.3) is 0 Å². The first-order chi connectivity index (χ1) is 4.29. The van der Waals surface area contributed by atoms with Gasteiger partial charge in [-0.2, -0.15) is 0 Å². The molecule has 1 heterocycles. The van der Waals surface area contributed by atoms with Crippen molar-refractivity contribution in [2.75, 3.05) is 0 Å². The Hall–Kier alpha value is 0.520. The molecule has 0 aliphatic rings. The van der Waals surface area contributed by atoms with E-state index >= 15 is 0 Å². The normalized spacial score (nSPS) is 8.40. The molecule has 48 valence electrons. The first-order valence-corrected chi connectivity index (χ1v) is 3.66. The first kappa shape index (κ1) is 10.5. The van der Waals surface area contributed by atoms with Crippen LogP contribution in [0, 0.1) is 0 Å². The molecule has 0 aliphatic carbocycles. The molecule has 2 nitrogen and oxygen atoms in total. The van der Waals surface area contributed by atoms with Crippen molar-refractivity contribution in [3.05, 3.63) is 16.6 Å². The topological polar surface area (TPSA) is 36.0 Å². The van der Waals surface area contributed by atoms with Crippen LogP contribution in [0.15, 0.2) is 11.6 Å². The van der Waals surface area contributed by atoms with Gasteiger partial charge in [0.05, 0.1) is 5.01 Å². The molecule has 0 atom stereocenters. The van der Waals surface area contributed by atoms with Crippen molar-refractivity contribution < 1.29 is 34.7 Å². The number of thiazole rings is 1. The van der Waals surface area contributed by atoms with Gasteiger partial charge in [0.2, 0.25) is 0 Å². The van der Waals surface area contributed by atoms with Crippen LogP contribution in [0.3, 0.4) is 0 Å². The second-order valence-corrected chi connectivity index (χ2v) is 2.91. The molecule has 0 amide bonds. The summed E-state index contributed by atoms with van der Waals surface area (Å²) in [6.45, 7) is 0. The molecule has 0 spiro atoms. The van der Waals surface area contributed by atoms with E-state index in [1.54, 1.807) is 6.20 Å². The smallest absolute Gasteiger partial charge is 0.867 e. The zero-order valence-corrected chi connectivity index (χ0v) is 9.17. The average molecular weight is 181 g/mol. The molecule has 10 heavy (non-hydrogen) atoms. The first-order valence-electron chi connectivity index (χ1n) is 2.37. The molecule has 0 aliphatic heterocycles. The van der Waals surface area contributed by atoms with Crippen LogP contribution >= 0.6 is 23.6 Å². The number of hydrogen-bond donors (Lipinski definition) is 0. The summed E-state index contributed by atoms with van der Waals surface area (Å²) in [6.07, 6.45) is 1.96. The van der Waals surface area contributed by atoms with E-state index in [0.29, 0.717) is 6.42 Å². The van der Waals surface area contributed by atoms with Crippen molar-refractivity contribution in [1.82, 2.24) is 4.98 Å².